The molecule has 0 radical (unpaired) electrons. The maximum atomic E-state index is 11.9. The van der Waals surface area contributed by atoms with Gasteiger partial charge in [-0.2, -0.15) is 0 Å². The lowest BCUT2D eigenvalue weighted by Gasteiger charge is -2.21. The molecule has 7 heteroatoms. The van der Waals surface area contributed by atoms with Crippen LogP contribution in [0.25, 0.3) is 0 Å². The minimum Gasteiger partial charge on any atom is -0.444 e. The van der Waals surface area contributed by atoms with E-state index < -0.39 is 23.8 Å². The Morgan fingerprint density at radius 1 is 0.966 bits per heavy atom. The molecule has 0 aromatic heterocycles. The number of amides is 2. The average Bonchev–Trinajstić information content (AvgIpc) is 2.66. The lowest BCUT2D eigenvalue weighted by atomic mass is 10.1. The number of benzene rings is 2. The number of alkyl carbamates (subject to hydrolysis) is 1. The molecule has 2 N–H and O–H groups in total. The molecule has 2 aromatic carbocycles. The summed E-state index contributed by atoms with van der Waals surface area (Å²) in [4.78, 5) is 35.0. The van der Waals surface area contributed by atoms with Gasteiger partial charge in [0.1, 0.15) is 18.5 Å². The third-order valence-corrected chi connectivity index (χ3v) is 3.74. The first-order chi connectivity index (χ1) is 13.7. The zero-order valence-corrected chi connectivity index (χ0v) is 16.8. The number of carbonyl (C=O) groups is 3. The third-order valence-electron chi connectivity index (χ3n) is 3.74. The maximum absolute atomic E-state index is 11.9. The molecule has 0 bridgehead atoms. The summed E-state index contributed by atoms with van der Waals surface area (Å²) in [5.74, 6) is 0. The summed E-state index contributed by atoms with van der Waals surface area (Å²) in [5, 5.41) is 5.18. The van der Waals surface area contributed by atoms with Gasteiger partial charge in [0.05, 0.1) is 6.04 Å². The van der Waals surface area contributed by atoms with Crippen LogP contribution in [0.15, 0.2) is 54.6 Å². The molecule has 1 atom stereocenters. The van der Waals surface area contributed by atoms with Crippen LogP contribution >= 0.6 is 0 Å². The van der Waals surface area contributed by atoms with Crippen LogP contribution in [-0.4, -0.2) is 30.1 Å². The van der Waals surface area contributed by atoms with Crippen LogP contribution in [-0.2, 0) is 27.3 Å². The number of carbonyl (C=O) groups excluding carboxylic acids is 3. The van der Waals surface area contributed by atoms with Gasteiger partial charge in [0.2, 0.25) is 0 Å². The quantitative estimate of drug-likeness (QED) is 0.686. The Morgan fingerprint density at radius 3 is 2.21 bits per heavy atom. The van der Waals surface area contributed by atoms with Crippen LogP contribution in [0.2, 0.25) is 0 Å². The van der Waals surface area contributed by atoms with Crippen LogP contribution in [0, 0.1) is 0 Å². The van der Waals surface area contributed by atoms with Crippen molar-refractivity contribution in [2.45, 2.75) is 45.4 Å². The van der Waals surface area contributed by atoms with Gasteiger partial charge >= 0.3 is 12.2 Å². The Labute approximate surface area is 170 Å². The Kier molecular flexibility index (Phi) is 7.77. The first-order valence-corrected chi connectivity index (χ1v) is 9.26. The van der Waals surface area contributed by atoms with Crippen molar-refractivity contribution in [1.29, 1.82) is 0 Å². The molecule has 154 valence electrons. The summed E-state index contributed by atoms with van der Waals surface area (Å²) in [7, 11) is 0. The largest absolute Gasteiger partial charge is 0.444 e. The van der Waals surface area contributed by atoms with Crippen LogP contribution in [0.1, 0.15) is 31.9 Å². The number of hydrogen-bond acceptors (Lipinski definition) is 5. The summed E-state index contributed by atoms with van der Waals surface area (Å²) in [6.07, 6.45) is -0.230. The molecule has 0 heterocycles. The number of anilines is 1. The van der Waals surface area contributed by atoms with Gasteiger partial charge in [-0.05, 0) is 50.5 Å². The SMILES string of the molecule is CC(C)(C)OC(=O)N[C@H](C=O)Cc1ccc(NC(=O)OCc2ccccc2)cc1. The molecular weight excluding hydrogens is 372 g/mol. The molecule has 2 amide bonds. The lowest BCUT2D eigenvalue weighted by Crippen LogP contribution is -2.41. The molecule has 0 aliphatic heterocycles. The monoisotopic (exact) mass is 398 g/mol. The molecular formula is C22H26N2O5. The number of nitrogens with one attached hydrogen (secondary N) is 2. The standard InChI is InChI=1S/C22H26N2O5/c1-22(2,3)29-21(27)24-19(14-25)13-16-9-11-18(12-10-16)23-20(26)28-15-17-7-5-4-6-8-17/h4-12,14,19H,13,15H2,1-3H3,(H,23,26)(H,24,27)/t19-/m0/s1. The van der Waals surface area contributed by atoms with Crippen molar-refractivity contribution in [3.8, 4) is 0 Å². The average molecular weight is 398 g/mol. The Morgan fingerprint density at radius 2 is 1.62 bits per heavy atom. The predicted octanol–water partition coefficient (Wildman–Crippen LogP) is 4.07. The van der Waals surface area contributed by atoms with E-state index in [9.17, 15) is 14.4 Å². The van der Waals surface area contributed by atoms with Crippen molar-refractivity contribution in [3.05, 3.63) is 65.7 Å². The first-order valence-electron chi connectivity index (χ1n) is 9.26. The Bertz CT molecular complexity index is 813. The molecule has 7 nitrogen and oxygen atoms in total. The van der Waals surface area contributed by atoms with Crippen molar-refractivity contribution in [3.63, 3.8) is 0 Å². The second kappa shape index (κ2) is 10.3. The van der Waals surface area contributed by atoms with Gasteiger partial charge < -0.3 is 19.6 Å². The van der Waals surface area contributed by atoms with Crippen LogP contribution in [0.4, 0.5) is 15.3 Å². The summed E-state index contributed by atoms with van der Waals surface area (Å²) in [6, 6.07) is 15.6. The molecule has 2 aromatic rings. The van der Waals surface area contributed by atoms with E-state index in [4.69, 9.17) is 9.47 Å². The predicted molar refractivity (Wildman–Crippen MR) is 110 cm³/mol. The Hall–Kier alpha value is -3.35. The summed E-state index contributed by atoms with van der Waals surface area (Å²) in [6.45, 7) is 5.43. The van der Waals surface area contributed by atoms with Crippen molar-refractivity contribution in [1.82, 2.24) is 5.32 Å². The van der Waals surface area contributed by atoms with E-state index in [1.54, 1.807) is 45.0 Å². The van der Waals surface area contributed by atoms with Gasteiger partial charge in [0, 0.05) is 5.69 Å². The molecule has 29 heavy (non-hydrogen) atoms. The molecule has 0 aliphatic rings. The molecule has 0 saturated heterocycles. The van der Waals surface area contributed by atoms with E-state index in [0.717, 1.165) is 11.1 Å². The highest BCUT2D eigenvalue weighted by atomic mass is 16.6. The topological polar surface area (TPSA) is 93.7 Å². The highest BCUT2D eigenvalue weighted by Gasteiger charge is 2.19. The van der Waals surface area contributed by atoms with E-state index in [-0.39, 0.29) is 6.61 Å². The van der Waals surface area contributed by atoms with Crippen molar-refractivity contribution >= 4 is 24.2 Å². The molecule has 2 rings (SSSR count). The van der Waals surface area contributed by atoms with Gasteiger partial charge in [-0.3, -0.25) is 5.32 Å². The molecule has 0 fully saturated rings. The van der Waals surface area contributed by atoms with Gasteiger partial charge in [-0.25, -0.2) is 9.59 Å². The minimum absolute atomic E-state index is 0.183. The number of rotatable bonds is 7. The van der Waals surface area contributed by atoms with E-state index in [0.29, 0.717) is 18.4 Å². The zero-order chi connectivity index (χ0) is 21.3. The van der Waals surface area contributed by atoms with Gasteiger partial charge in [0.15, 0.2) is 0 Å². The van der Waals surface area contributed by atoms with Gasteiger partial charge in [0.25, 0.3) is 0 Å². The third kappa shape index (κ3) is 8.47. The number of ether oxygens (including phenoxy) is 2. The maximum Gasteiger partial charge on any atom is 0.411 e. The Balaban J connectivity index is 1.83. The number of aldehydes is 1. The smallest absolute Gasteiger partial charge is 0.411 e. The van der Waals surface area contributed by atoms with Crippen LogP contribution in [0.3, 0.4) is 0 Å². The van der Waals surface area contributed by atoms with Gasteiger partial charge in [-0.1, -0.05) is 42.5 Å². The second-order valence-electron chi connectivity index (χ2n) is 7.48. The summed E-state index contributed by atoms with van der Waals surface area (Å²) in [5.41, 5.74) is 1.64. The zero-order valence-electron chi connectivity index (χ0n) is 16.8. The highest BCUT2D eigenvalue weighted by molar-refractivity contribution is 5.84. The van der Waals surface area contributed by atoms with Crippen molar-refractivity contribution < 1.29 is 23.9 Å². The minimum atomic E-state index is -0.709. The fourth-order valence-electron chi connectivity index (χ4n) is 2.45. The van der Waals surface area contributed by atoms with E-state index in [1.165, 1.54) is 0 Å². The van der Waals surface area contributed by atoms with Crippen LogP contribution < -0.4 is 10.6 Å². The van der Waals surface area contributed by atoms with E-state index >= 15 is 0 Å². The molecule has 0 unspecified atom stereocenters. The fourth-order valence-corrected chi connectivity index (χ4v) is 2.45. The van der Waals surface area contributed by atoms with Crippen LogP contribution in [0.5, 0.6) is 0 Å². The second-order valence-corrected chi connectivity index (χ2v) is 7.48. The first kappa shape index (κ1) is 21.9. The van der Waals surface area contributed by atoms with E-state index in [1.807, 2.05) is 30.3 Å². The highest BCUT2D eigenvalue weighted by Crippen LogP contribution is 2.13. The van der Waals surface area contributed by atoms with Crippen molar-refractivity contribution in [2.75, 3.05) is 5.32 Å². The van der Waals surface area contributed by atoms with Crippen molar-refractivity contribution in [2.24, 2.45) is 0 Å². The lowest BCUT2D eigenvalue weighted by molar-refractivity contribution is -0.109. The molecule has 0 spiro atoms. The number of hydrogen-bond donors (Lipinski definition) is 2. The fraction of sp³-hybridized carbons (Fsp3) is 0.318. The van der Waals surface area contributed by atoms with Gasteiger partial charge in [-0.15, -0.1) is 0 Å². The molecule has 0 saturated carbocycles. The molecule has 0 aliphatic carbocycles. The normalized spacial score (nSPS) is 11.8. The summed E-state index contributed by atoms with van der Waals surface area (Å²) >= 11 is 0. The van der Waals surface area contributed by atoms with E-state index in [2.05, 4.69) is 10.6 Å². The summed E-state index contributed by atoms with van der Waals surface area (Å²) < 4.78 is 10.3.